The summed E-state index contributed by atoms with van der Waals surface area (Å²) in [5, 5.41) is 3.39. The summed E-state index contributed by atoms with van der Waals surface area (Å²) in [7, 11) is 0. The molecule has 1 amide bonds. The van der Waals surface area contributed by atoms with Gasteiger partial charge in [0, 0.05) is 48.3 Å². The molecule has 1 N–H and O–H groups in total. The van der Waals surface area contributed by atoms with Crippen molar-refractivity contribution in [2.45, 2.75) is 25.1 Å². The molecule has 4 aliphatic rings. The first-order valence-corrected chi connectivity index (χ1v) is 11.3. The Kier molecular flexibility index (Phi) is 4.61. The van der Waals surface area contributed by atoms with Crippen LogP contribution < -0.4 is 15.1 Å². The number of hydrogen-bond donors (Lipinski definition) is 1. The van der Waals surface area contributed by atoms with E-state index < -0.39 is 12.3 Å². The zero-order valence-electron chi connectivity index (χ0n) is 17.8. The molecule has 0 spiro atoms. The van der Waals surface area contributed by atoms with E-state index in [1.807, 2.05) is 29.2 Å². The molecule has 1 saturated heterocycles. The summed E-state index contributed by atoms with van der Waals surface area (Å²) >= 11 is 0. The Morgan fingerprint density at radius 1 is 1.22 bits per heavy atom. The van der Waals surface area contributed by atoms with Gasteiger partial charge in [-0.25, -0.2) is 13.8 Å². The van der Waals surface area contributed by atoms with Crippen LogP contribution in [0.25, 0.3) is 0 Å². The molecule has 32 heavy (non-hydrogen) atoms. The van der Waals surface area contributed by atoms with Gasteiger partial charge in [-0.2, -0.15) is 0 Å². The standard InChI is InChI=1S/C24H26F2N4O2/c25-14-24(26)18-10-16(11-19(18)24)23(31)30-13-15-2-1-5-27-22(15)28-20-4-3-17(12-21(20)30)29-6-8-32-9-7-29/h1-5,12,16,18-19H,6-11,13-14H2,(H,27,28)/t16?,18-,19+,24?. The van der Waals surface area contributed by atoms with Gasteiger partial charge < -0.3 is 19.9 Å². The normalized spacial score (nSPS) is 30.6. The quantitative estimate of drug-likeness (QED) is 0.786. The molecule has 1 aromatic carbocycles. The number of amides is 1. The van der Waals surface area contributed by atoms with E-state index in [1.54, 1.807) is 6.20 Å². The number of hydrogen-bond acceptors (Lipinski definition) is 5. The molecule has 168 valence electrons. The maximum atomic E-state index is 14.4. The fourth-order valence-electron chi connectivity index (χ4n) is 5.74. The minimum Gasteiger partial charge on any atom is -0.378 e. The summed E-state index contributed by atoms with van der Waals surface area (Å²) < 4.78 is 33.0. The number of ether oxygens (including phenoxy) is 1. The van der Waals surface area contributed by atoms with Gasteiger partial charge in [0.15, 0.2) is 0 Å². The fraction of sp³-hybridized carbons (Fsp3) is 0.500. The Bertz CT molecular complexity index is 1050. The molecule has 2 aromatic rings. The van der Waals surface area contributed by atoms with Crippen molar-refractivity contribution in [1.29, 1.82) is 0 Å². The summed E-state index contributed by atoms with van der Waals surface area (Å²) in [6.45, 7) is 2.41. The number of fused-ring (bicyclic) bond motifs is 3. The summed E-state index contributed by atoms with van der Waals surface area (Å²) in [6.07, 6.45) is 2.58. The van der Waals surface area contributed by atoms with Crippen molar-refractivity contribution in [2.75, 3.05) is 48.1 Å². The highest BCUT2D eigenvalue weighted by Crippen LogP contribution is 2.65. The molecule has 2 saturated carbocycles. The maximum Gasteiger partial charge on any atom is 0.230 e. The molecule has 3 heterocycles. The van der Waals surface area contributed by atoms with Crippen molar-refractivity contribution in [3.8, 4) is 0 Å². The minimum atomic E-state index is -1.70. The summed E-state index contributed by atoms with van der Waals surface area (Å²) in [4.78, 5) is 22.2. The molecule has 8 heteroatoms. The van der Waals surface area contributed by atoms with E-state index in [1.165, 1.54) is 0 Å². The first-order chi connectivity index (χ1) is 15.6. The van der Waals surface area contributed by atoms with Gasteiger partial charge in [0.25, 0.3) is 0 Å². The average Bonchev–Trinajstić information content (AvgIpc) is 3.17. The lowest BCUT2D eigenvalue weighted by Crippen LogP contribution is -2.37. The van der Waals surface area contributed by atoms with Gasteiger partial charge in [-0.3, -0.25) is 4.79 Å². The lowest BCUT2D eigenvalue weighted by Gasteiger charge is -2.31. The number of carbonyl (C=O) groups is 1. The first kappa shape index (κ1) is 19.9. The lowest BCUT2D eigenvalue weighted by atomic mass is 9.97. The number of nitrogens with zero attached hydrogens (tertiary/aromatic N) is 3. The van der Waals surface area contributed by atoms with Crippen LogP contribution in [0.3, 0.4) is 0 Å². The van der Waals surface area contributed by atoms with Crippen LogP contribution in [0.4, 0.5) is 31.7 Å². The predicted octanol–water partition coefficient (Wildman–Crippen LogP) is 3.84. The van der Waals surface area contributed by atoms with E-state index in [0.717, 1.165) is 41.5 Å². The number of pyridine rings is 1. The van der Waals surface area contributed by atoms with Gasteiger partial charge in [0.05, 0.1) is 31.1 Å². The van der Waals surface area contributed by atoms with E-state index in [2.05, 4.69) is 21.3 Å². The van der Waals surface area contributed by atoms with Gasteiger partial charge in [0.2, 0.25) is 5.91 Å². The Labute approximate surface area is 185 Å². The molecule has 0 radical (unpaired) electrons. The van der Waals surface area contributed by atoms with Crippen molar-refractivity contribution < 1.29 is 18.3 Å². The van der Waals surface area contributed by atoms with Crippen LogP contribution >= 0.6 is 0 Å². The number of halogens is 2. The third kappa shape index (κ3) is 3.07. The zero-order chi connectivity index (χ0) is 21.9. The Morgan fingerprint density at radius 3 is 2.75 bits per heavy atom. The third-order valence-electron chi connectivity index (χ3n) is 7.63. The van der Waals surface area contributed by atoms with Crippen LogP contribution in [-0.4, -0.2) is 49.5 Å². The largest absolute Gasteiger partial charge is 0.378 e. The van der Waals surface area contributed by atoms with E-state index in [4.69, 9.17) is 4.74 Å². The van der Waals surface area contributed by atoms with Crippen molar-refractivity contribution in [1.82, 2.24) is 4.98 Å². The Balaban J connectivity index is 1.34. The van der Waals surface area contributed by atoms with Gasteiger partial charge >= 0.3 is 0 Å². The maximum absolute atomic E-state index is 14.4. The first-order valence-electron chi connectivity index (χ1n) is 11.3. The molecule has 2 aliphatic heterocycles. The highest BCUT2D eigenvalue weighted by atomic mass is 19.2. The summed E-state index contributed by atoms with van der Waals surface area (Å²) in [5.41, 5.74) is 1.89. The molecular weight excluding hydrogens is 414 g/mol. The van der Waals surface area contributed by atoms with Crippen molar-refractivity contribution in [2.24, 2.45) is 17.8 Å². The smallest absolute Gasteiger partial charge is 0.230 e. The number of benzene rings is 1. The highest BCUT2D eigenvalue weighted by molar-refractivity contribution is 6.00. The number of alkyl halides is 2. The van der Waals surface area contributed by atoms with E-state index in [-0.39, 0.29) is 23.7 Å². The summed E-state index contributed by atoms with van der Waals surface area (Å²) in [5.74, 6) is -0.201. The Morgan fingerprint density at radius 2 is 2.00 bits per heavy atom. The fourth-order valence-corrected chi connectivity index (χ4v) is 5.74. The molecule has 3 fully saturated rings. The number of anilines is 4. The topological polar surface area (TPSA) is 57.7 Å². The molecule has 2 unspecified atom stereocenters. The lowest BCUT2D eigenvalue weighted by molar-refractivity contribution is -0.122. The van der Waals surface area contributed by atoms with Crippen LogP contribution in [0.5, 0.6) is 0 Å². The predicted molar refractivity (Wildman–Crippen MR) is 118 cm³/mol. The van der Waals surface area contributed by atoms with Gasteiger partial charge in [-0.05, 0) is 37.1 Å². The van der Waals surface area contributed by atoms with E-state index >= 15 is 0 Å². The van der Waals surface area contributed by atoms with Crippen LogP contribution in [0.15, 0.2) is 36.5 Å². The SMILES string of the molecule is O=C(C1C[C@@H]2[C@H](C1)C2(F)CF)N1Cc2cccnc2Nc2ccc(N3CCOCC3)cc21. The van der Waals surface area contributed by atoms with Gasteiger partial charge in [0.1, 0.15) is 18.2 Å². The third-order valence-corrected chi connectivity index (χ3v) is 7.63. The van der Waals surface area contributed by atoms with E-state index in [9.17, 15) is 13.6 Å². The molecule has 1 aromatic heterocycles. The minimum absolute atomic E-state index is 0.0164. The number of aromatic nitrogens is 1. The molecule has 4 atom stereocenters. The number of morpholine rings is 1. The second-order valence-corrected chi connectivity index (χ2v) is 9.30. The van der Waals surface area contributed by atoms with Crippen molar-refractivity contribution >= 4 is 28.8 Å². The zero-order valence-corrected chi connectivity index (χ0v) is 17.8. The number of nitrogens with one attached hydrogen (secondary N) is 1. The van der Waals surface area contributed by atoms with Crippen LogP contribution in [0, 0.1) is 17.8 Å². The second-order valence-electron chi connectivity index (χ2n) is 9.30. The molecule has 6 nitrogen and oxygen atoms in total. The van der Waals surface area contributed by atoms with Crippen molar-refractivity contribution in [3.05, 3.63) is 42.1 Å². The Hall–Kier alpha value is -2.74. The van der Waals surface area contributed by atoms with E-state index in [0.29, 0.717) is 32.6 Å². The van der Waals surface area contributed by atoms with Crippen LogP contribution in [0.2, 0.25) is 0 Å². The second kappa shape index (κ2) is 7.40. The monoisotopic (exact) mass is 440 g/mol. The van der Waals surface area contributed by atoms with Gasteiger partial charge in [-0.1, -0.05) is 6.07 Å². The van der Waals surface area contributed by atoms with Crippen molar-refractivity contribution in [3.63, 3.8) is 0 Å². The average molecular weight is 440 g/mol. The molecule has 2 aliphatic carbocycles. The molecule has 0 bridgehead atoms. The van der Waals surface area contributed by atoms with Crippen LogP contribution in [0.1, 0.15) is 18.4 Å². The van der Waals surface area contributed by atoms with Gasteiger partial charge in [-0.15, -0.1) is 0 Å². The highest BCUT2D eigenvalue weighted by Gasteiger charge is 2.70. The molecular formula is C24H26F2N4O2. The number of rotatable bonds is 3. The van der Waals surface area contributed by atoms with Crippen LogP contribution in [-0.2, 0) is 16.1 Å². The molecule has 6 rings (SSSR count). The summed E-state index contributed by atoms with van der Waals surface area (Å²) in [6, 6.07) is 9.92. The number of carbonyl (C=O) groups excluding carboxylic acids is 1.